The number of carbonyl (C=O) groups excluding carboxylic acids is 1. The van der Waals surface area contributed by atoms with Crippen molar-refractivity contribution in [1.29, 1.82) is 0 Å². The predicted molar refractivity (Wildman–Crippen MR) is 68.9 cm³/mol. The van der Waals surface area contributed by atoms with Gasteiger partial charge < -0.3 is 10.4 Å². The maximum absolute atomic E-state index is 11.7. The van der Waals surface area contributed by atoms with Gasteiger partial charge in [-0.15, -0.1) is 11.3 Å². The summed E-state index contributed by atoms with van der Waals surface area (Å²) < 4.78 is 0. The average molecular weight is 274 g/mol. The molecule has 1 heterocycles. The lowest BCUT2D eigenvalue weighted by atomic mass is 10.3. The Morgan fingerprint density at radius 1 is 1.65 bits per heavy atom. The lowest BCUT2D eigenvalue weighted by Gasteiger charge is -2.10. The molecule has 0 aliphatic heterocycles. The number of amides is 1. The summed E-state index contributed by atoms with van der Waals surface area (Å²) in [7, 11) is 0. The van der Waals surface area contributed by atoms with Crippen LogP contribution in [-0.2, 0) is 11.2 Å². The number of hydrogen-bond donors (Lipinski definition) is 3. The number of thiol groups is 1. The quantitative estimate of drug-likeness (QED) is 0.681. The fraction of sp³-hybridized carbons (Fsp3) is 0.500. The Bertz CT molecular complexity index is 406. The van der Waals surface area contributed by atoms with Crippen molar-refractivity contribution in [1.82, 2.24) is 10.3 Å². The van der Waals surface area contributed by atoms with Crippen molar-refractivity contribution in [2.75, 3.05) is 5.75 Å². The molecule has 0 fully saturated rings. The van der Waals surface area contributed by atoms with Gasteiger partial charge >= 0.3 is 5.97 Å². The molecule has 0 radical (unpaired) electrons. The molecule has 1 atom stereocenters. The first-order valence-corrected chi connectivity index (χ1v) is 6.68. The monoisotopic (exact) mass is 274 g/mol. The average Bonchev–Trinajstić information content (AvgIpc) is 2.74. The number of carbonyl (C=O) groups is 2. The van der Waals surface area contributed by atoms with Gasteiger partial charge in [0, 0.05) is 11.1 Å². The summed E-state index contributed by atoms with van der Waals surface area (Å²) in [5, 5.41) is 13.7. The van der Waals surface area contributed by atoms with Crippen LogP contribution < -0.4 is 5.32 Å². The molecule has 0 aromatic carbocycles. The van der Waals surface area contributed by atoms with Crippen molar-refractivity contribution in [3.8, 4) is 0 Å². The molecule has 0 saturated carbocycles. The second kappa shape index (κ2) is 6.61. The first-order valence-electron chi connectivity index (χ1n) is 5.17. The lowest BCUT2D eigenvalue weighted by molar-refractivity contribution is -0.138. The van der Waals surface area contributed by atoms with Gasteiger partial charge in [-0.05, 0) is 12.8 Å². The molecule has 0 bridgehead atoms. The lowest BCUT2D eigenvalue weighted by Crippen LogP contribution is -2.42. The summed E-state index contributed by atoms with van der Waals surface area (Å²) in [6, 6.07) is -0.984. The first-order chi connectivity index (χ1) is 8.08. The molecular weight excluding hydrogens is 260 g/mol. The Morgan fingerprint density at radius 3 is 2.88 bits per heavy atom. The van der Waals surface area contributed by atoms with Crippen LogP contribution in [0.25, 0.3) is 0 Å². The Labute approximate surface area is 109 Å². The van der Waals surface area contributed by atoms with Gasteiger partial charge in [0.25, 0.3) is 5.91 Å². The minimum absolute atomic E-state index is 0.0486. The minimum atomic E-state index is -1.10. The zero-order valence-corrected chi connectivity index (χ0v) is 11.1. The largest absolute Gasteiger partial charge is 0.480 e. The van der Waals surface area contributed by atoms with Gasteiger partial charge in [-0.2, -0.15) is 12.6 Å². The highest BCUT2D eigenvalue weighted by molar-refractivity contribution is 7.80. The second-order valence-corrected chi connectivity index (χ2v) is 4.73. The number of aliphatic carboxylic acids is 1. The minimum Gasteiger partial charge on any atom is -0.480 e. The molecule has 0 spiro atoms. The van der Waals surface area contributed by atoms with Gasteiger partial charge in [0.15, 0.2) is 0 Å². The third-order valence-electron chi connectivity index (χ3n) is 2.03. The number of aryl methyl sites for hydroxylation is 1. The number of nitrogens with zero attached hydrogens (tertiary/aromatic N) is 1. The number of carboxylic acids is 1. The van der Waals surface area contributed by atoms with Gasteiger partial charge in [0.2, 0.25) is 0 Å². The van der Waals surface area contributed by atoms with Crippen molar-refractivity contribution >= 4 is 35.8 Å². The Balaban J connectivity index is 2.65. The van der Waals surface area contributed by atoms with E-state index in [1.165, 1.54) is 11.3 Å². The zero-order chi connectivity index (χ0) is 12.8. The van der Waals surface area contributed by atoms with Crippen LogP contribution in [0.2, 0.25) is 0 Å². The summed E-state index contributed by atoms with van der Waals surface area (Å²) in [6.07, 6.45) is 1.79. The van der Waals surface area contributed by atoms with E-state index >= 15 is 0 Å². The van der Waals surface area contributed by atoms with Crippen molar-refractivity contribution in [2.24, 2.45) is 0 Å². The maximum atomic E-state index is 11.7. The van der Waals surface area contributed by atoms with E-state index < -0.39 is 17.9 Å². The molecule has 0 saturated heterocycles. The summed E-state index contributed by atoms with van der Waals surface area (Å²) in [5.74, 6) is -1.52. The Kier molecular flexibility index (Phi) is 5.43. The molecule has 1 unspecified atom stereocenters. The SMILES string of the molecule is CCCc1nc(C(=O)NC(CS)C(=O)O)cs1. The van der Waals surface area contributed by atoms with Crippen molar-refractivity contribution < 1.29 is 14.7 Å². The summed E-state index contributed by atoms with van der Waals surface area (Å²) in [6.45, 7) is 2.03. The normalized spacial score (nSPS) is 12.1. The van der Waals surface area contributed by atoms with Crippen molar-refractivity contribution in [3.05, 3.63) is 16.1 Å². The molecule has 5 nitrogen and oxygen atoms in total. The molecule has 1 amide bonds. The summed E-state index contributed by atoms with van der Waals surface area (Å²) in [4.78, 5) is 26.5. The molecule has 17 heavy (non-hydrogen) atoms. The smallest absolute Gasteiger partial charge is 0.327 e. The highest BCUT2D eigenvalue weighted by Gasteiger charge is 2.20. The second-order valence-electron chi connectivity index (χ2n) is 3.42. The fourth-order valence-corrected chi connectivity index (χ4v) is 2.29. The van der Waals surface area contributed by atoms with E-state index in [1.807, 2.05) is 6.92 Å². The van der Waals surface area contributed by atoms with Gasteiger partial charge in [-0.25, -0.2) is 9.78 Å². The molecule has 2 N–H and O–H groups in total. The number of aromatic nitrogens is 1. The van der Waals surface area contributed by atoms with Gasteiger partial charge in [0.1, 0.15) is 11.7 Å². The molecule has 7 heteroatoms. The highest BCUT2D eigenvalue weighted by Crippen LogP contribution is 2.11. The van der Waals surface area contributed by atoms with E-state index in [0.29, 0.717) is 0 Å². The molecule has 0 aliphatic carbocycles. The number of thiazole rings is 1. The van der Waals surface area contributed by atoms with Crippen molar-refractivity contribution in [3.63, 3.8) is 0 Å². The Hall–Kier alpha value is -1.08. The molecule has 0 aliphatic rings. The number of hydrogen-bond acceptors (Lipinski definition) is 5. The van der Waals surface area contributed by atoms with E-state index in [9.17, 15) is 9.59 Å². The third kappa shape index (κ3) is 4.01. The van der Waals surface area contributed by atoms with E-state index in [0.717, 1.165) is 17.8 Å². The van der Waals surface area contributed by atoms with E-state index in [4.69, 9.17) is 5.11 Å². The summed E-state index contributed by atoms with van der Waals surface area (Å²) in [5.41, 5.74) is 0.270. The van der Waals surface area contributed by atoms with Crippen LogP contribution in [0.1, 0.15) is 28.8 Å². The molecule has 94 valence electrons. The predicted octanol–water partition coefficient (Wildman–Crippen LogP) is 1.21. The molecule has 1 aromatic heterocycles. The Morgan fingerprint density at radius 2 is 2.35 bits per heavy atom. The third-order valence-corrected chi connectivity index (χ3v) is 3.31. The van der Waals surface area contributed by atoms with Crippen LogP contribution >= 0.6 is 24.0 Å². The van der Waals surface area contributed by atoms with Crippen LogP contribution in [0.5, 0.6) is 0 Å². The summed E-state index contributed by atoms with van der Waals surface area (Å²) >= 11 is 5.27. The van der Waals surface area contributed by atoms with Gasteiger partial charge in [-0.1, -0.05) is 6.92 Å². The highest BCUT2D eigenvalue weighted by atomic mass is 32.1. The van der Waals surface area contributed by atoms with Crippen LogP contribution in [0.15, 0.2) is 5.38 Å². The van der Waals surface area contributed by atoms with Crippen LogP contribution in [0.3, 0.4) is 0 Å². The molecule has 1 aromatic rings. The molecule has 1 rings (SSSR count). The number of nitrogens with one attached hydrogen (secondary N) is 1. The molecular formula is C10H14N2O3S2. The van der Waals surface area contributed by atoms with Crippen LogP contribution in [0.4, 0.5) is 0 Å². The van der Waals surface area contributed by atoms with Gasteiger partial charge in [-0.3, -0.25) is 4.79 Å². The van der Waals surface area contributed by atoms with E-state index in [-0.39, 0.29) is 11.4 Å². The van der Waals surface area contributed by atoms with E-state index in [2.05, 4.69) is 22.9 Å². The fourth-order valence-electron chi connectivity index (χ4n) is 1.16. The van der Waals surface area contributed by atoms with Crippen molar-refractivity contribution in [2.45, 2.75) is 25.8 Å². The standard InChI is InChI=1S/C10H14N2O3S2/c1-2-3-8-11-7(5-17-8)9(13)12-6(4-16)10(14)15/h5-6,16H,2-4H2,1H3,(H,12,13)(H,14,15). The maximum Gasteiger partial charge on any atom is 0.327 e. The van der Waals surface area contributed by atoms with Crippen LogP contribution in [0, 0.1) is 0 Å². The number of carboxylic acid groups (broad SMARTS) is 1. The zero-order valence-electron chi connectivity index (χ0n) is 9.34. The number of rotatable bonds is 6. The van der Waals surface area contributed by atoms with Crippen LogP contribution in [-0.4, -0.2) is 33.8 Å². The van der Waals surface area contributed by atoms with E-state index in [1.54, 1.807) is 5.38 Å². The topological polar surface area (TPSA) is 79.3 Å². The first kappa shape index (κ1) is 14.0. The van der Waals surface area contributed by atoms with Gasteiger partial charge in [0.05, 0.1) is 5.01 Å².